The molecule has 0 bridgehead atoms. The van der Waals surface area contributed by atoms with Crippen molar-refractivity contribution < 1.29 is 15.0 Å². The number of carboxylic acid groups (broad SMARTS) is 1. The number of halogens is 1. The summed E-state index contributed by atoms with van der Waals surface area (Å²) in [7, 11) is 0. The predicted octanol–water partition coefficient (Wildman–Crippen LogP) is 1.89. The zero-order valence-electron chi connectivity index (χ0n) is 11.3. The fraction of sp³-hybridized carbons (Fsp3) is 0.133. The maximum Gasteiger partial charge on any atom is 0.341 e. The molecule has 3 rings (SSSR count). The van der Waals surface area contributed by atoms with E-state index >= 15 is 0 Å². The molecule has 0 saturated carbocycles. The third-order valence-electron chi connectivity index (χ3n) is 3.45. The minimum Gasteiger partial charge on any atom is -0.477 e. The number of hydrogen-bond donors (Lipinski definition) is 2. The molecular formula is C15H11ClN2O4. The zero-order valence-corrected chi connectivity index (χ0v) is 12.0. The van der Waals surface area contributed by atoms with Crippen molar-refractivity contribution in [3.63, 3.8) is 0 Å². The van der Waals surface area contributed by atoms with Gasteiger partial charge in [0.25, 0.3) is 0 Å². The summed E-state index contributed by atoms with van der Waals surface area (Å²) in [5.41, 5.74) is 0.0620. The highest BCUT2D eigenvalue weighted by atomic mass is 35.5. The molecule has 2 heterocycles. The predicted molar refractivity (Wildman–Crippen MR) is 82.6 cm³/mol. The average molecular weight is 319 g/mol. The lowest BCUT2D eigenvalue weighted by atomic mass is 10.1. The number of benzene rings is 1. The van der Waals surface area contributed by atoms with Crippen LogP contribution < -0.4 is 5.43 Å². The zero-order chi connectivity index (χ0) is 15.9. The number of hydrogen-bond acceptors (Lipinski definition) is 4. The van der Waals surface area contributed by atoms with E-state index in [9.17, 15) is 19.8 Å². The molecule has 1 aromatic carbocycles. The second-order valence-electron chi connectivity index (χ2n) is 4.75. The summed E-state index contributed by atoms with van der Waals surface area (Å²) in [4.78, 5) is 27.8. The minimum atomic E-state index is -1.32. The summed E-state index contributed by atoms with van der Waals surface area (Å²) >= 11 is 6.16. The molecule has 0 aliphatic carbocycles. The SMILES string of the molecule is O=C(O)c1cn(CCO)c2c(cc(Cl)c3ncccc32)c1=O. The van der Waals surface area contributed by atoms with Gasteiger partial charge in [-0.05, 0) is 18.2 Å². The van der Waals surface area contributed by atoms with Crippen LogP contribution in [0.15, 0.2) is 35.4 Å². The molecule has 22 heavy (non-hydrogen) atoms. The Labute approximate surface area is 129 Å². The van der Waals surface area contributed by atoms with Crippen molar-refractivity contribution in [3.8, 4) is 0 Å². The van der Waals surface area contributed by atoms with E-state index in [1.807, 2.05) is 0 Å². The van der Waals surface area contributed by atoms with Crippen LogP contribution in [0, 0.1) is 0 Å². The van der Waals surface area contributed by atoms with E-state index in [4.69, 9.17) is 11.6 Å². The van der Waals surface area contributed by atoms with Crippen molar-refractivity contribution in [1.82, 2.24) is 9.55 Å². The monoisotopic (exact) mass is 318 g/mol. The number of aromatic carboxylic acids is 1. The largest absolute Gasteiger partial charge is 0.477 e. The van der Waals surface area contributed by atoms with Crippen molar-refractivity contribution in [3.05, 3.63) is 51.4 Å². The summed E-state index contributed by atoms with van der Waals surface area (Å²) in [5.74, 6) is -1.32. The van der Waals surface area contributed by atoms with E-state index in [0.29, 0.717) is 16.4 Å². The Kier molecular flexibility index (Phi) is 3.56. The lowest BCUT2D eigenvalue weighted by Gasteiger charge is -2.14. The molecule has 0 amide bonds. The molecule has 2 N–H and O–H groups in total. The van der Waals surface area contributed by atoms with Gasteiger partial charge in [0, 0.05) is 29.7 Å². The summed E-state index contributed by atoms with van der Waals surface area (Å²) in [5, 5.41) is 19.5. The van der Waals surface area contributed by atoms with Crippen LogP contribution >= 0.6 is 11.6 Å². The number of carbonyl (C=O) groups is 1. The van der Waals surface area contributed by atoms with Gasteiger partial charge in [-0.3, -0.25) is 9.78 Å². The summed E-state index contributed by atoms with van der Waals surface area (Å²) < 4.78 is 1.54. The Balaban J connectivity index is 2.59. The number of aliphatic hydroxyl groups excluding tert-OH is 1. The van der Waals surface area contributed by atoms with Crippen LogP contribution in [0.2, 0.25) is 5.02 Å². The highest BCUT2D eigenvalue weighted by Gasteiger charge is 2.17. The smallest absolute Gasteiger partial charge is 0.341 e. The second-order valence-corrected chi connectivity index (χ2v) is 5.16. The minimum absolute atomic E-state index is 0.155. The maximum absolute atomic E-state index is 12.4. The van der Waals surface area contributed by atoms with E-state index in [0.717, 1.165) is 0 Å². The Morgan fingerprint density at radius 2 is 2.14 bits per heavy atom. The second kappa shape index (κ2) is 5.40. The lowest BCUT2D eigenvalue weighted by Crippen LogP contribution is -2.20. The normalized spacial score (nSPS) is 11.2. The lowest BCUT2D eigenvalue weighted by molar-refractivity contribution is 0.0694. The molecule has 2 aromatic heterocycles. The third-order valence-corrected chi connectivity index (χ3v) is 3.74. The van der Waals surface area contributed by atoms with Gasteiger partial charge in [0.1, 0.15) is 5.56 Å². The summed E-state index contributed by atoms with van der Waals surface area (Å²) in [6.45, 7) is -0.0376. The first-order chi connectivity index (χ1) is 10.5. The molecule has 6 nitrogen and oxygen atoms in total. The first-order valence-electron chi connectivity index (χ1n) is 6.49. The van der Waals surface area contributed by atoms with E-state index in [1.165, 1.54) is 12.3 Å². The first-order valence-corrected chi connectivity index (χ1v) is 6.87. The highest BCUT2D eigenvalue weighted by molar-refractivity contribution is 6.36. The molecule has 7 heteroatoms. The van der Waals surface area contributed by atoms with Crippen molar-refractivity contribution >= 4 is 39.4 Å². The van der Waals surface area contributed by atoms with Crippen LogP contribution in [-0.2, 0) is 6.54 Å². The molecule has 0 aliphatic rings. The van der Waals surface area contributed by atoms with Gasteiger partial charge in [-0.25, -0.2) is 4.79 Å². The Bertz CT molecular complexity index is 965. The third kappa shape index (κ3) is 2.13. The number of aliphatic hydroxyl groups is 1. The number of aromatic nitrogens is 2. The van der Waals surface area contributed by atoms with E-state index in [1.54, 1.807) is 22.9 Å². The van der Waals surface area contributed by atoms with E-state index in [-0.39, 0.29) is 29.1 Å². The number of fused-ring (bicyclic) bond motifs is 3. The molecule has 0 atom stereocenters. The molecule has 0 spiro atoms. The number of carboxylic acids is 1. The summed E-state index contributed by atoms with van der Waals surface area (Å²) in [6, 6.07) is 4.89. The molecule has 0 saturated heterocycles. The molecular weight excluding hydrogens is 308 g/mol. The Hall–Kier alpha value is -2.44. The molecule has 0 aliphatic heterocycles. The molecule has 0 radical (unpaired) electrons. The van der Waals surface area contributed by atoms with E-state index in [2.05, 4.69) is 4.98 Å². The standard InChI is InChI=1S/C15H11ClN2O4/c16-11-6-9-13(8-2-1-3-17-12(8)11)18(4-5-19)7-10(14(9)20)15(21)22/h1-3,6-7,19H,4-5H2,(H,21,22). The van der Waals surface area contributed by atoms with Crippen LogP contribution in [0.5, 0.6) is 0 Å². The van der Waals surface area contributed by atoms with Gasteiger partial charge in [-0.1, -0.05) is 11.6 Å². The fourth-order valence-electron chi connectivity index (χ4n) is 2.54. The average Bonchev–Trinajstić information content (AvgIpc) is 2.50. The van der Waals surface area contributed by atoms with Crippen LogP contribution in [0.4, 0.5) is 0 Å². The van der Waals surface area contributed by atoms with Crippen LogP contribution in [0.1, 0.15) is 10.4 Å². The number of pyridine rings is 2. The molecule has 3 aromatic rings. The topological polar surface area (TPSA) is 92.4 Å². The molecule has 0 unspecified atom stereocenters. The maximum atomic E-state index is 12.4. The van der Waals surface area contributed by atoms with Crippen molar-refractivity contribution in [2.24, 2.45) is 0 Å². The fourth-order valence-corrected chi connectivity index (χ4v) is 2.80. The van der Waals surface area contributed by atoms with Crippen LogP contribution in [0.3, 0.4) is 0 Å². The van der Waals surface area contributed by atoms with Crippen LogP contribution in [-0.4, -0.2) is 32.3 Å². The molecule has 112 valence electrons. The van der Waals surface area contributed by atoms with Gasteiger partial charge in [-0.15, -0.1) is 0 Å². The Morgan fingerprint density at radius 3 is 2.82 bits per heavy atom. The first kappa shape index (κ1) is 14.5. The van der Waals surface area contributed by atoms with Gasteiger partial charge in [-0.2, -0.15) is 0 Å². The van der Waals surface area contributed by atoms with Gasteiger partial charge < -0.3 is 14.8 Å². The summed E-state index contributed by atoms with van der Waals surface area (Å²) in [6.07, 6.45) is 2.82. The van der Waals surface area contributed by atoms with Crippen molar-refractivity contribution in [2.45, 2.75) is 6.54 Å². The van der Waals surface area contributed by atoms with E-state index < -0.39 is 11.4 Å². The Morgan fingerprint density at radius 1 is 1.36 bits per heavy atom. The van der Waals surface area contributed by atoms with Gasteiger partial charge >= 0.3 is 5.97 Å². The van der Waals surface area contributed by atoms with Crippen molar-refractivity contribution in [2.75, 3.05) is 6.61 Å². The van der Waals surface area contributed by atoms with Crippen LogP contribution in [0.25, 0.3) is 21.8 Å². The quantitative estimate of drug-likeness (QED) is 0.719. The molecule has 0 fully saturated rings. The van der Waals surface area contributed by atoms with Gasteiger partial charge in [0.05, 0.1) is 22.7 Å². The number of rotatable bonds is 3. The number of nitrogens with zero attached hydrogens (tertiary/aromatic N) is 2. The van der Waals surface area contributed by atoms with Crippen molar-refractivity contribution in [1.29, 1.82) is 0 Å². The van der Waals surface area contributed by atoms with Gasteiger partial charge in [0.2, 0.25) is 5.43 Å². The highest BCUT2D eigenvalue weighted by Crippen LogP contribution is 2.29. The van der Waals surface area contributed by atoms with Gasteiger partial charge in [0.15, 0.2) is 0 Å².